The summed E-state index contributed by atoms with van der Waals surface area (Å²) in [6.07, 6.45) is 1.36. The summed E-state index contributed by atoms with van der Waals surface area (Å²) in [7, 11) is -1.70. The monoisotopic (exact) mass is 544 g/mol. The molecule has 39 heavy (non-hydrogen) atoms. The minimum Gasteiger partial charge on any atom is -0.348 e. The third-order valence-corrected chi connectivity index (χ3v) is 6.90. The van der Waals surface area contributed by atoms with Gasteiger partial charge in [0.2, 0.25) is 5.16 Å². The van der Waals surface area contributed by atoms with Crippen LogP contribution in [0.2, 0.25) is 0 Å². The number of carbonyl (C=O) groups excluding carboxylic acids is 1. The molecule has 3 aromatic carbocycles. The van der Waals surface area contributed by atoms with Crippen molar-refractivity contribution in [3.63, 3.8) is 0 Å². The van der Waals surface area contributed by atoms with Gasteiger partial charge in [-0.3, -0.25) is 18.4 Å². The van der Waals surface area contributed by atoms with Crippen molar-refractivity contribution in [3.05, 3.63) is 118 Å². The summed E-state index contributed by atoms with van der Waals surface area (Å²) in [5.41, 5.74) is 1.37. The van der Waals surface area contributed by atoms with E-state index in [-0.39, 0.29) is 27.8 Å². The number of hydrogen-bond acceptors (Lipinski definition) is 5. The quantitative estimate of drug-likeness (QED) is 0.313. The molecule has 1 atom stereocenters. The summed E-state index contributed by atoms with van der Waals surface area (Å²) in [4.78, 5) is 34.7. The number of amides is 1. The predicted octanol–water partition coefficient (Wildman–Crippen LogP) is 4.70. The van der Waals surface area contributed by atoms with Crippen LogP contribution in [0.1, 0.15) is 21.5 Å². The highest BCUT2D eigenvalue weighted by atomic mass is 32.2. The second-order valence-electron chi connectivity index (χ2n) is 8.82. The molecule has 0 aliphatic carbocycles. The van der Waals surface area contributed by atoms with E-state index in [9.17, 15) is 22.6 Å². The zero-order valence-corrected chi connectivity index (χ0v) is 21.8. The number of aryl methyl sites for hydroxylation is 1. The van der Waals surface area contributed by atoms with Crippen LogP contribution in [-0.2, 0) is 17.3 Å². The highest BCUT2D eigenvalue weighted by molar-refractivity contribution is 7.84. The average Bonchev–Trinajstić information content (AvgIpc) is 2.93. The number of para-hydroxylation sites is 1. The molecule has 0 saturated heterocycles. The first-order chi connectivity index (χ1) is 18.7. The van der Waals surface area contributed by atoms with Gasteiger partial charge in [0.1, 0.15) is 17.3 Å². The maximum atomic E-state index is 14.8. The number of pyridine rings is 1. The van der Waals surface area contributed by atoms with E-state index in [0.29, 0.717) is 17.7 Å². The Hall–Kier alpha value is -4.57. The summed E-state index contributed by atoms with van der Waals surface area (Å²) >= 11 is 0. The third-order valence-electron chi connectivity index (χ3n) is 6.20. The minimum atomic E-state index is -1.70. The maximum absolute atomic E-state index is 14.8. The summed E-state index contributed by atoms with van der Waals surface area (Å²) in [6, 6.07) is 20.4. The van der Waals surface area contributed by atoms with Gasteiger partial charge in [-0.25, -0.2) is 18.7 Å². The molecule has 0 aliphatic heterocycles. The molecule has 0 bridgehead atoms. The van der Waals surface area contributed by atoms with Gasteiger partial charge in [0.05, 0.1) is 16.5 Å². The van der Waals surface area contributed by atoms with Gasteiger partial charge in [-0.1, -0.05) is 42.5 Å². The van der Waals surface area contributed by atoms with Crippen LogP contribution in [0.3, 0.4) is 0 Å². The van der Waals surface area contributed by atoms with Crippen LogP contribution < -0.4 is 10.9 Å². The first-order valence-electron chi connectivity index (χ1n) is 11.9. The molecule has 10 heteroatoms. The SMILES string of the molecule is Cc1ccc(C(=O)NCc2ccccc2)cc1-c1nc(S(C)=O)nc2c1ccc(=O)n2-c1c(F)cccc1F. The van der Waals surface area contributed by atoms with Crippen molar-refractivity contribution in [2.24, 2.45) is 0 Å². The van der Waals surface area contributed by atoms with E-state index in [1.54, 1.807) is 18.2 Å². The topological polar surface area (TPSA) is 94.0 Å². The van der Waals surface area contributed by atoms with Crippen molar-refractivity contribution in [1.82, 2.24) is 19.9 Å². The Kier molecular flexibility index (Phi) is 7.12. The Morgan fingerprint density at radius 1 is 0.949 bits per heavy atom. The standard InChI is InChI=1S/C29H22F2N4O3S/c1-17-11-12-19(28(37)32-16-18-7-4-3-5-8-18)15-21(17)25-20-13-14-24(36)35(26-22(30)9-6-10-23(26)31)27(20)34-29(33-25)39(2)38/h3-15H,16H2,1-2H3,(H,32,37). The lowest BCUT2D eigenvalue weighted by atomic mass is 9.99. The molecule has 196 valence electrons. The molecular weight excluding hydrogens is 522 g/mol. The van der Waals surface area contributed by atoms with Crippen LogP contribution in [0.25, 0.3) is 28.0 Å². The molecule has 2 aromatic heterocycles. The molecule has 0 aliphatic rings. The Bertz CT molecular complexity index is 1800. The number of nitrogens with zero attached hydrogens (tertiary/aromatic N) is 3. The molecule has 7 nitrogen and oxygen atoms in total. The van der Waals surface area contributed by atoms with Crippen LogP contribution in [0, 0.1) is 18.6 Å². The number of fused-ring (bicyclic) bond motifs is 1. The number of rotatable bonds is 6. The number of carbonyl (C=O) groups is 1. The fourth-order valence-corrected chi connectivity index (χ4v) is 4.68. The summed E-state index contributed by atoms with van der Waals surface area (Å²) in [5, 5.41) is 3.04. The molecule has 0 fully saturated rings. The van der Waals surface area contributed by atoms with Crippen LogP contribution >= 0.6 is 0 Å². The normalized spacial score (nSPS) is 11.9. The lowest BCUT2D eigenvalue weighted by molar-refractivity contribution is 0.0951. The van der Waals surface area contributed by atoms with E-state index in [2.05, 4.69) is 15.3 Å². The number of aromatic nitrogens is 3. The van der Waals surface area contributed by atoms with E-state index in [4.69, 9.17) is 0 Å². The van der Waals surface area contributed by atoms with Crippen LogP contribution in [0.4, 0.5) is 8.78 Å². The van der Waals surface area contributed by atoms with Gasteiger partial charge >= 0.3 is 0 Å². The zero-order valence-electron chi connectivity index (χ0n) is 20.9. The molecule has 1 N–H and O–H groups in total. The molecule has 5 rings (SSSR count). The lowest BCUT2D eigenvalue weighted by Crippen LogP contribution is -2.23. The Morgan fingerprint density at radius 3 is 2.36 bits per heavy atom. The molecule has 2 heterocycles. The molecule has 1 amide bonds. The van der Waals surface area contributed by atoms with E-state index >= 15 is 0 Å². The molecule has 5 aromatic rings. The summed E-state index contributed by atoms with van der Waals surface area (Å²) in [5.74, 6) is -2.24. The Balaban J connectivity index is 1.69. The number of halogens is 2. The molecule has 0 spiro atoms. The number of hydrogen-bond donors (Lipinski definition) is 1. The van der Waals surface area contributed by atoms with Gasteiger partial charge in [-0.05, 0) is 48.4 Å². The van der Waals surface area contributed by atoms with E-state index in [0.717, 1.165) is 33.9 Å². The van der Waals surface area contributed by atoms with Gasteiger partial charge in [-0.15, -0.1) is 0 Å². The van der Waals surface area contributed by atoms with Crippen molar-refractivity contribution in [2.75, 3.05) is 6.26 Å². The van der Waals surface area contributed by atoms with Gasteiger partial charge in [0, 0.05) is 35.4 Å². The highest BCUT2D eigenvalue weighted by Crippen LogP contribution is 2.31. The van der Waals surface area contributed by atoms with Gasteiger partial charge in [0.25, 0.3) is 11.5 Å². The largest absolute Gasteiger partial charge is 0.348 e. The van der Waals surface area contributed by atoms with Crippen molar-refractivity contribution in [1.29, 1.82) is 0 Å². The average molecular weight is 545 g/mol. The van der Waals surface area contributed by atoms with Crippen LogP contribution in [0.5, 0.6) is 0 Å². The van der Waals surface area contributed by atoms with E-state index < -0.39 is 33.7 Å². The highest BCUT2D eigenvalue weighted by Gasteiger charge is 2.21. The molecule has 1 unspecified atom stereocenters. The van der Waals surface area contributed by atoms with Crippen molar-refractivity contribution in [3.8, 4) is 16.9 Å². The van der Waals surface area contributed by atoms with E-state index in [1.807, 2.05) is 37.3 Å². The fourth-order valence-electron chi connectivity index (χ4n) is 4.25. The first kappa shape index (κ1) is 26.1. The number of nitrogens with one attached hydrogen (secondary N) is 1. The first-order valence-corrected chi connectivity index (χ1v) is 13.4. The summed E-state index contributed by atoms with van der Waals surface area (Å²) in [6.45, 7) is 2.14. The Morgan fingerprint density at radius 2 is 1.67 bits per heavy atom. The Labute approximate surface area is 224 Å². The van der Waals surface area contributed by atoms with E-state index in [1.165, 1.54) is 18.4 Å². The summed E-state index contributed by atoms with van der Waals surface area (Å²) < 4.78 is 42.9. The van der Waals surface area contributed by atoms with Crippen LogP contribution in [-0.4, -0.2) is 30.9 Å². The van der Waals surface area contributed by atoms with Gasteiger partial charge < -0.3 is 5.32 Å². The van der Waals surface area contributed by atoms with Crippen LogP contribution in [0.15, 0.2) is 88.8 Å². The zero-order chi connectivity index (χ0) is 27.7. The lowest BCUT2D eigenvalue weighted by Gasteiger charge is -2.15. The molecule has 0 radical (unpaired) electrons. The molecular formula is C29H22F2N4O3S. The second-order valence-corrected chi connectivity index (χ2v) is 10.1. The maximum Gasteiger partial charge on any atom is 0.256 e. The molecule has 0 saturated carbocycles. The van der Waals surface area contributed by atoms with Crippen molar-refractivity contribution < 1.29 is 17.8 Å². The van der Waals surface area contributed by atoms with Crippen molar-refractivity contribution >= 4 is 27.7 Å². The van der Waals surface area contributed by atoms with Crippen molar-refractivity contribution in [2.45, 2.75) is 18.6 Å². The fraction of sp³-hybridized carbons (Fsp3) is 0.103. The van der Waals surface area contributed by atoms with Gasteiger partial charge in [-0.2, -0.15) is 0 Å². The second kappa shape index (κ2) is 10.7. The van der Waals surface area contributed by atoms with Gasteiger partial charge in [0.15, 0.2) is 5.65 Å². The smallest absolute Gasteiger partial charge is 0.256 e. The predicted molar refractivity (Wildman–Crippen MR) is 145 cm³/mol. The number of benzene rings is 3. The minimum absolute atomic E-state index is 0.111. The third kappa shape index (κ3) is 5.10.